The Labute approximate surface area is 336 Å². The van der Waals surface area contributed by atoms with E-state index in [9.17, 15) is 0 Å². The van der Waals surface area contributed by atoms with E-state index in [-0.39, 0.29) is 5.41 Å². The molecule has 0 saturated carbocycles. The van der Waals surface area contributed by atoms with Crippen LogP contribution in [0.4, 0.5) is 0 Å². The standard InChI is InChI=1S/C52H86N2/c1-4-6-8-10-12-14-16-18-20-22-24-26-28-30-38-45-54-46-44-53-51(54)50(43-37-29-27-25-23-21-19-17-15-13-11-9-7-5-2)52(3,49-41-35-32-36-42-49)47-48-39-33-31-34-40-48/h31-36,39-42,44,46,50H,4-30,37-38,43,45,47H2,1-3H3. The van der Waals surface area contributed by atoms with Gasteiger partial charge in [0.1, 0.15) is 5.82 Å². The molecule has 0 radical (unpaired) electrons. The lowest BCUT2D eigenvalue weighted by molar-refractivity contribution is 0.321. The molecule has 2 unspecified atom stereocenters. The zero-order chi connectivity index (χ0) is 38.2. The van der Waals surface area contributed by atoms with Crippen LogP contribution in [0.5, 0.6) is 0 Å². The molecule has 1 heterocycles. The second-order valence-corrected chi connectivity index (χ2v) is 17.3. The van der Waals surface area contributed by atoms with E-state index in [0.717, 1.165) is 13.0 Å². The molecular formula is C52H86N2. The maximum Gasteiger partial charge on any atom is 0.112 e. The van der Waals surface area contributed by atoms with Crippen molar-refractivity contribution in [3.8, 4) is 0 Å². The third kappa shape index (κ3) is 19.5. The Hall–Kier alpha value is -2.35. The molecule has 0 amide bonds. The van der Waals surface area contributed by atoms with Crippen LogP contribution in [-0.2, 0) is 18.4 Å². The van der Waals surface area contributed by atoms with Crippen molar-refractivity contribution in [1.82, 2.24) is 9.55 Å². The Kier molecular flexibility index (Phi) is 26.3. The monoisotopic (exact) mass is 739 g/mol. The van der Waals surface area contributed by atoms with Crippen molar-refractivity contribution in [2.24, 2.45) is 0 Å². The van der Waals surface area contributed by atoms with Gasteiger partial charge in [-0.25, -0.2) is 4.98 Å². The molecule has 2 heteroatoms. The minimum Gasteiger partial charge on any atom is -0.335 e. The van der Waals surface area contributed by atoms with Crippen LogP contribution < -0.4 is 0 Å². The molecule has 54 heavy (non-hydrogen) atoms. The van der Waals surface area contributed by atoms with Gasteiger partial charge < -0.3 is 4.57 Å². The average Bonchev–Trinajstić information content (AvgIpc) is 3.66. The van der Waals surface area contributed by atoms with E-state index in [0.29, 0.717) is 5.92 Å². The van der Waals surface area contributed by atoms with Crippen molar-refractivity contribution in [1.29, 1.82) is 0 Å². The zero-order valence-electron chi connectivity index (χ0n) is 36.0. The molecule has 0 spiro atoms. The van der Waals surface area contributed by atoms with Crippen LogP contribution >= 0.6 is 0 Å². The third-order valence-corrected chi connectivity index (χ3v) is 12.5. The summed E-state index contributed by atoms with van der Waals surface area (Å²) < 4.78 is 2.54. The molecule has 1 aromatic heterocycles. The Morgan fingerprint density at radius 2 is 0.870 bits per heavy atom. The fraction of sp³-hybridized carbons (Fsp3) is 0.712. The van der Waals surface area contributed by atoms with Crippen LogP contribution in [0.3, 0.4) is 0 Å². The van der Waals surface area contributed by atoms with Gasteiger partial charge in [-0.2, -0.15) is 0 Å². The van der Waals surface area contributed by atoms with Gasteiger partial charge in [-0.3, -0.25) is 0 Å². The molecule has 3 rings (SSSR count). The topological polar surface area (TPSA) is 17.8 Å². The minimum atomic E-state index is -0.0304. The van der Waals surface area contributed by atoms with E-state index in [1.807, 2.05) is 0 Å². The lowest BCUT2D eigenvalue weighted by atomic mass is 9.66. The van der Waals surface area contributed by atoms with Crippen molar-refractivity contribution in [3.05, 3.63) is 90.0 Å². The normalized spacial score (nSPS) is 13.3. The van der Waals surface area contributed by atoms with Crippen LogP contribution in [0.1, 0.15) is 236 Å². The summed E-state index contributed by atoms with van der Waals surface area (Å²) in [4.78, 5) is 5.19. The first-order valence-electron chi connectivity index (χ1n) is 23.8. The molecule has 0 N–H and O–H groups in total. The zero-order valence-corrected chi connectivity index (χ0v) is 36.0. The molecule has 0 saturated heterocycles. The molecule has 2 atom stereocenters. The van der Waals surface area contributed by atoms with Gasteiger partial charge in [-0.05, 0) is 30.4 Å². The van der Waals surface area contributed by atoms with Gasteiger partial charge in [0, 0.05) is 30.3 Å². The molecule has 304 valence electrons. The number of rotatable bonds is 36. The molecule has 0 aliphatic rings. The molecule has 0 fully saturated rings. The SMILES string of the molecule is CCCCCCCCCCCCCCCCCn1ccnc1C(CCCCCCCCCCCCCCCC)C(C)(Cc1ccccc1)c1ccccc1. The maximum atomic E-state index is 5.19. The van der Waals surface area contributed by atoms with E-state index in [4.69, 9.17) is 4.98 Å². The summed E-state index contributed by atoms with van der Waals surface area (Å²) in [6, 6.07) is 22.6. The fourth-order valence-corrected chi connectivity index (χ4v) is 9.01. The van der Waals surface area contributed by atoms with E-state index in [2.05, 4.69) is 98.4 Å². The van der Waals surface area contributed by atoms with Crippen LogP contribution in [0.25, 0.3) is 0 Å². The number of nitrogens with zero attached hydrogens (tertiary/aromatic N) is 2. The summed E-state index contributed by atoms with van der Waals surface area (Å²) in [5.41, 5.74) is 2.85. The molecule has 0 bridgehead atoms. The van der Waals surface area contributed by atoms with Crippen LogP contribution in [0.2, 0.25) is 0 Å². The van der Waals surface area contributed by atoms with Gasteiger partial charge in [-0.1, -0.05) is 261 Å². The first-order chi connectivity index (χ1) is 26.7. The van der Waals surface area contributed by atoms with Gasteiger partial charge in [0.2, 0.25) is 0 Å². The first kappa shape index (κ1) is 46.0. The van der Waals surface area contributed by atoms with Crippen molar-refractivity contribution in [2.75, 3.05) is 0 Å². The largest absolute Gasteiger partial charge is 0.335 e. The van der Waals surface area contributed by atoms with E-state index >= 15 is 0 Å². The highest BCUT2D eigenvalue weighted by atomic mass is 15.1. The van der Waals surface area contributed by atoms with Gasteiger partial charge >= 0.3 is 0 Å². The number of benzene rings is 2. The predicted octanol–water partition coefficient (Wildman–Crippen LogP) is 16.9. The van der Waals surface area contributed by atoms with Gasteiger partial charge in [-0.15, -0.1) is 0 Å². The second-order valence-electron chi connectivity index (χ2n) is 17.3. The Bertz CT molecular complexity index is 1230. The highest BCUT2D eigenvalue weighted by molar-refractivity contribution is 5.33. The molecule has 2 nitrogen and oxygen atoms in total. The van der Waals surface area contributed by atoms with Crippen LogP contribution in [0.15, 0.2) is 73.1 Å². The van der Waals surface area contributed by atoms with Crippen molar-refractivity contribution in [2.45, 2.75) is 238 Å². The average molecular weight is 739 g/mol. The Morgan fingerprint density at radius 3 is 1.31 bits per heavy atom. The Balaban J connectivity index is 1.49. The first-order valence-corrected chi connectivity index (χ1v) is 23.8. The summed E-state index contributed by atoms with van der Waals surface area (Å²) in [6.07, 6.45) is 47.4. The highest BCUT2D eigenvalue weighted by Crippen LogP contribution is 2.44. The smallest absolute Gasteiger partial charge is 0.112 e. The fourth-order valence-electron chi connectivity index (χ4n) is 9.01. The summed E-state index contributed by atoms with van der Waals surface area (Å²) in [7, 11) is 0. The van der Waals surface area contributed by atoms with Gasteiger partial charge in [0.25, 0.3) is 0 Å². The molecule has 3 aromatic rings. The molecule has 2 aromatic carbocycles. The number of hydrogen-bond acceptors (Lipinski definition) is 1. The van der Waals surface area contributed by atoms with Crippen LogP contribution in [-0.4, -0.2) is 9.55 Å². The lowest BCUT2D eigenvalue weighted by Gasteiger charge is -2.39. The van der Waals surface area contributed by atoms with Crippen molar-refractivity contribution < 1.29 is 0 Å². The quantitative estimate of drug-likeness (QED) is 0.0543. The van der Waals surface area contributed by atoms with E-state index in [1.54, 1.807) is 0 Å². The van der Waals surface area contributed by atoms with Crippen molar-refractivity contribution in [3.63, 3.8) is 0 Å². The number of hydrogen-bond donors (Lipinski definition) is 0. The molecule has 0 aliphatic heterocycles. The highest BCUT2D eigenvalue weighted by Gasteiger charge is 2.39. The van der Waals surface area contributed by atoms with Crippen LogP contribution in [0, 0.1) is 0 Å². The lowest BCUT2D eigenvalue weighted by Crippen LogP contribution is -2.35. The summed E-state index contributed by atoms with van der Waals surface area (Å²) in [5.74, 6) is 1.70. The molecule has 0 aliphatic carbocycles. The van der Waals surface area contributed by atoms with Gasteiger partial charge in [0.15, 0.2) is 0 Å². The second kappa shape index (κ2) is 30.8. The summed E-state index contributed by atoms with van der Waals surface area (Å²) >= 11 is 0. The number of aryl methyl sites for hydroxylation is 1. The third-order valence-electron chi connectivity index (χ3n) is 12.5. The Morgan fingerprint density at radius 1 is 0.481 bits per heavy atom. The molecular weight excluding hydrogens is 653 g/mol. The summed E-state index contributed by atoms with van der Waals surface area (Å²) in [5, 5.41) is 0. The van der Waals surface area contributed by atoms with E-state index in [1.165, 1.54) is 210 Å². The van der Waals surface area contributed by atoms with Gasteiger partial charge in [0.05, 0.1) is 0 Å². The predicted molar refractivity (Wildman–Crippen MR) is 239 cm³/mol. The van der Waals surface area contributed by atoms with Crippen molar-refractivity contribution >= 4 is 0 Å². The maximum absolute atomic E-state index is 5.19. The minimum absolute atomic E-state index is 0.0304. The number of unbranched alkanes of at least 4 members (excludes halogenated alkanes) is 27. The number of aromatic nitrogens is 2. The number of imidazole rings is 1. The van der Waals surface area contributed by atoms with E-state index < -0.39 is 0 Å². The summed E-state index contributed by atoms with van der Waals surface area (Å²) in [6.45, 7) is 8.25.